The summed E-state index contributed by atoms with van der Waals surface area (Å²) in [6.45, 7) is 5.73. The number of nitrogens with zero attached hydrogens (tertiary/aromatic N) is 3. The third-order valence-corrected chi connectivity index (χ3v) is 4.65. The molecule has 3 N–H and O–H groups in total. The zero-order valence-electron chi connectivity index (χ0n) is 16.6. The summed E-state index contributed by atoms with van der Waals surface area (Å²) in [4.78, 5) is 43.1. The van der Waals surface area contributed by atoms with Crippen molar-refractivity contribution in [1.29, 1.82) is 0 Å². The quantitative estimate of drug-likeness (QED) is 0.572. The van der Waals surface area contributed by atoms with Crippen molar-refractivity contribution < 1.29 is 24.2 Å². The normalized spacial score (nSPS) is 17.0. The number of carbonyl (C=O) groups is 3. The van der Waals surface area contributed by atoms with Crippen molar-refractivity contribution in [2.45, 2.75) is 45.8 Å². The van der Waals surface area contributed by atoms with Crippen molar-refractivity contribution in [3.8, 4) is 0 Å². The number of ether oxygens (including phenoxy) is 1. The second-order valence-corrected chi connectivity index (χ2v) is 7.84. The SMILES string of the molecule is CC(C)(C)OC(=O)N(CC=O)N1CCC(CO)(C(=O)NCc2ncc[nH]2)CC1. The number of aliphatic hydroxyl groups excluding tert-OH is 1. The van der Waals surface area contributed by atoms with Crippen molar-refractivity contribution in [2.75, 3.05) is 26.2 Å². The Labute approximate surface area is 164 Å². The van der Waals surface area contributed by atoms with Gasteiger partial charge in [-0.25, -0.2) is 19.8 Å². The molecule has 0 aliphatic carbocycles. The minimum absolute atomic E-state index is 0.133. The molecule has 0 unspecified atom stereocenters. The molecule has 0 radical (unpaired) electrons. The highest BCUT2D eigenvalue weighted by Crippen LogP contribution is 2.32. The standard InChI is InChI=1S/C18H29N5O5/c1-17(2,3)28-16(27)23(10-11-24)22-8-4-18(13-25,5-9-22)15(26)21-12-14-19-6-7-20-14/h6-7,11,25H,4-5,8-10,12-13H2,1-3H3,(H,19,20)(H,21,26). The molecule has 0 atom stereocenters. The van der Waals surface area contributed by atoms with E-state index in [2.05, 4.69) is 15.3 Å². The van der Waals surface area contributed by atoms with Crippen LogP contribution in [0.1, 0.15) is 39.4 Å². The minimum Gasteiger partial charge on any atom is -0.443 e. The molecule has 1 aromatic heterocycles. The van der Waals surface area contributed by atoms with Crippen LogP contribution in [0.15, 0.2) is 12.4 Å². The number of nitrogens with one attached hydrogen (secondary N) is 2. The van der Waals surface area contributed by atoms with E-state index in [1.807, 2.05) is 0 Å². The third-order valence-electron chi connectivity index (χ3n) is 4.65. The first-order valence-corrected chi connectivity index (χ1v) is 9.27. The van der Waals surface area contributed by atoms with Gasteiger partial charge in [0.05, 0.1) is 25.1 Å². The van der Waals surface area contributed by atoms with E-state index in [0.717, 1.165) is 0 Å². The molecule has 10 nitrogen and oxygen atoms in total. The molecule has 2 amide bonds. The summed E-state index contributed by atoms with van der Waals surface area (Å²) in [7, 11) is 0. The van der Waals surface area contributed by atoms with E-state index < -0.39 is 17.1 Å². The fourth-order valence-electron chi connectivity index (χ4n) is 3.06. The Morgan fingerprint density at radius 2 is 2.11 bits per heavy atom. The number of piperidine rings is 1. The van der Waals surface area contributed by atoms with Gasteiger partial charge in [0.25, 0.3) is 0 Å². The lowest BCUT2D eigenvalue weighted by molar-refractivity contribution is -0.142. The van der Waals surface area contributed by atoms with Gasteiger partial charge in [-0.2, -0.15) is 0 Å². The Bertz CT molecular complexity index is 662. The monoisotopic (exact) mass is 395 g/mol. The van der Waals surface area contributed by atoms with Crippen LogP contribution < -0.4 is 5.32 Å². The van der Waals surface area contributed by atoms with Gasteiger partial charge in [0.1, 0.15) is 17.7 Å². The van der Waals surface area contributed by atoms with Gasteiger partial charge in [0.15, 0.2) is 0 Å². The predicted molar refractivity (Wildman–Crippen MR) is 99.8 cm³/mol. The molecule has 1 aromatic rings. The molecule has 0 spiro atoms. The Balaban J connectivity index is 1.99. The summed E-state index contributed by atoms with van der Waals surface area (Å²) >= 11 is 0. The zero-order valence-corrected chi connectivity index (χ0v) is 16.6. The van der Waals surface area contributed by atoms with Gasteiger partial charge in [0.2, 0.25) is 5.91 Å². The Hall–Kier alpha value is -2.46. The average molecular weight is 395 g/mol. The molecular formula is C18H29N5O5. The number of hydrazine groups is 1. The average Bonchev–Trinajstić information content (AvgIpc) is 3.16. The maximum atomic E-state index is 12.7. The van der Waals surface area contributed by atoms with E-state index in [-0.39, 0.29) is 25.6 Å². The molecular weight excluding hydrogens is 366 g/mol. The number of hydrogen-bond acceptors (Lipinski definition) is 7. The predicted octanol–water partition coefficient (Wildman–Crippen LogP) is 0.451. The number of aromatic amines is 1. The lowest BCUT2D eigenvalue weighted by Crippen LogP contribution is -2.57. The van der Waals surface area contributed by atoms with Crippen LogP contribution >= 0.6 is 0 Å². The first-order valence-electron chi connectivity index (χ1n) is 9.27. The number of aromatic nitrogens is 2. The van der Waals surface area contributed by atoms with Crippen molar-refractivity contribution in [2.24, 2.45) is 5.41 Å². The number of H-pyrrole nitrogens is 1. The molecule has 0 bridgehead atoms. The Kier molecular flexibility index (Phi) is 7.14. The summed E-state index contributed by atoms with van der Waals surface area (Å²) < 4.78 is 5.36. The van der Waals surface area contributed by atoms with E-state index in [9.17, 15) is 19.5 Å². The molecule has 2 rings (SSSR count). The topological polar surface area (TPSA) is 128 Å². The van der Waals surface area contributed by atoms with Gasteiger partial charge in [0, 0.05) is 25.5 Å². The van der Waals surface area contributed by atoms with Gasteiger partial charge in [-0.05, 0) is 33.6 Å². The number of rotatable bonds is 7. The maximum Gasteiger partial charge on any atom is 0.425 e. The number of hydrogen-bond donors (Lipinski definition) is 3. The van der Waals surface area contributed by atoms with Gasteiger partial charge >= 0.3 is 6.09 Å². The van der Waals surface area contributed by atoms with E-state index in [4.69, 9.17) is 4.74 Å². The molecule has 28 heavy (non-hydrogen) atoms. The molecule has 1 aliphatic heterocycles. The summed E-state index contributed by atoms with van der Waals surface area (Å²) in [5, 5.41) is 15.6. The Morgan fingerprint density at radius 3 is 2.61 bits per heavy atom. The molecule has 10 heteroatoms. The molecule has 0 saturated carbocycles. The van der Waals surface area contributed by atoms with Gasteiger partial charge < -0.3 is 24.9 Å². The van der Waals surface area contributed by atoms with Crippen LogP contribution in [0, 0.1) is 5.41 Å². The zero-order chi connectivity index (χ0) is 20.8. The molecule has 1 saturated heterocycles. The number of carbonyl (C=O) groups excluding carboxylic acids is 3. The lowest BCUT2D eigenvalue weighted by Gasteiger charge is -2.43. The van der Waals surface area contributed by atoms with E-state index in [1.165, 1.54) is 5.01 Å². The van der Waals surface area contributed by atoms with Gasteiger partial charge in [-0.3, -0.25) is 4.79 Å². The highest BCUT2D eigenvalue weighted by Gasteiger charge is 2.43. The van der Waals surface area contributed by atoms with Gasteiger partial charge in [-0.15, -0.1) is 0 Å². The second kappa shape index (κ2) is 9.16. The van der Waals surface area contributed by atoms with Gasteiger partial charge in [-0.1, -0.05) is 0 Å². The fourth-order valence-corrected chi connectivity index (χ4v) is 3.06. The minimum atomic E-state index is -0.941. The largest absolute Gasteiger partial charge is 0.443 e. The highest BCUT2D eigenvalue weighted by molar-refractivity contribution is 5.83. The van der Waals surface area contributed by atoms with Crippen LogP contribution in [0.3, 0.4) is 0 Å². The van der Waals surface area contributed by atoms with Crippen LogP contribution in [-0.4, -0.2) is 75.2 Å². The smallest absolute Gasteiger partial charge is 0.425 e. The fraction of sp³-hybridized carbons (Fsp3) is 0.667. The molecule has 2 heterocycles. The highest BCUT2D eigenvalue weighted by atomic mass is 16.6. The van der Waals surface area contributed by atoms with Crippen molar-refractivity contribution in [3.05, 3.63) is 18.2 Å². The van der Waals surface area contributed by atoms with E-state index >= 15 is 0 Å². The number of amides is 2. The van der Waals surface area contributed by atoms with Crippen LogP contribution in [0.5, 0.6) is 0 Å². The number of imidazole rings is 1. The molecule has 156 valence electrons. The Morgan fingerprint density at radius 1 is 1.43 bits per heavy atom. The van der Waals surface area contributed by atoms with Crippen LogP contribution in [0.4, 0.5) is 4.79 Å². The third kappa shape index (κ3) is 5.52. The van der Waals surface area contributed by atoms with Crippen molar-refractivity contribution >= 4 is 18.3 Å². The van der Waals surface area contributed by atoms with Crippen LogP contribution in [-0.2, 0) is 20.9 Å². The first kappa shape index (κ1) is 21.8. The molecule has 1 fully saturated rings. The van der Waals surface area contributed by atoms with Crippen LogP contribution in [0.25, 0.3) is 0 Å². The maximum absolute atomic E-state index is 12.7. The summed E-state index contributed by atoms with van der Waals surface area (Å²) in [6, 6.07) is 0. The summed E-state index contributed by atoms with van der Waals surface area (Å²) in [6.07, 6.45) is 3.96. The van der Waals surface area contributed by atoms with E-state index in [0.29, 0.717) is 38.0 Å². The summed E-state index contributed by atoms with van der Waals surface area (Å²) in [5.74, 6) is 0.367. The number of aldehydes is 1. The van der Waals surface area contributed by atoms with Crippen molar-refractivity contribution in [1.82, 2.24) is 25.3 Å². The lowest BCUT2D eigenvalue weighted by atomic mass is 9.78. The van der Waals surface area contributed by atoms with Crippen molar-refractivity contribution in [3.63, 3.8) is 0 Å². The van der Waals surface area contributed by atoms with Crippen LogP contribution in [0.2, 0.25) is 0 Å². The second-order valence-electron chi connectivity index (χ2n) is 7.84. The summed E-state index contributed by atoms with van der Waals surface area (Å²) in [5.41, 5.74) is -1.63. The molecule has 0 aromatic carbocycles. The van der Waals surface area contributed by atoms with E-state index in [1.54, 1.807) is 38.2 Å². The first-order chi connectivity index (χ1) is 13.2. The number of aliphatic hydroxyl groups is 1. The molecule has 1 aliphatic rings.